The second kappa shape index (κ2) is 10.1. The molecule has 4 aromatic rings. The third-order valence-corrected chi connectivity index (χ3v) is 8.13. The van der Waals surface area contributed by atoms with Crippen LogP contribution in [0.5, 0.6) is 0 Å². The van der Waals surface area contributed by atoms with Gasteiger partial charge in [0.15, 0.2) is 0 Å². The van der Waals surface area contributed by atoms with E-state index in [1.807, 2.05) is 4.90 Å². The summed E-state index contributed by atoms with van der Waals surface area (Å²) in [4.78, 5) is 39.8. The molecule has 1 spiro atoms. The molecule has 0 radical (unpaired) electrons. The Morgan fingerprint density at radius 3 is 2.57 bits per heavy atom. The van der Waals surface area contributed by atoms with Gasteiger partial charge in [-0.3, -0.25) is 14.0 Å². The molecule has 5 heterocycles. The van der Waals surface area contributed by atoms with Gasteiger partial charge in [0.05, 0.1) is 16.0 Å². The van der Waals surface area contributed by atoms with Gasteiger partial charge in [-0.2, -0.15) is 13.2 Å². The number of piperidine rings is 1. The van der Waals surface area contributed by atoms with E-state index in [4.69, 9.17) is 22.3 Å². The number of aromatic nitrogens is 4. The summed E-state index contributed by atoms with van der Waals surface area (Å²) < 4.78 is 56.8. The van der Waals surface area contributed by atoms with Crippen LogP contribution in [0.2, 0.25) is 5.02 Å². The van der Waals surface area contributed by atoms with Crippen LogP contribution >= 0.6 is 11.6 Å². The number of hydrogen-bond donors (Lipinski definition) is 3. The van der Waals surface area contributed by atoms with Gasteiger partial charge in [-0.1, -0.05) is 11.6 Å². The van der Waals surface area contributed by atoms with Crippen molar-refractivity contribution in [3.05, 3.63) is 64.8 Å². The third-order valence-electron chi connectivity index (χ3n) is 7.83. The van der Waals surface area contributed by atoms with E-state index >= 15 is 4.39 Å². The first-order chi connectivity index (χ1) is 20.0. The number of rotatable bonds is 4. The largest absolute Gasteiger partial charge is 0.418 e. The number of benzene rings is 1. The number of nitrogens with two attached hydrogens (primary N) is 1. The second-order valence-corrected chi connectivity index (χ2v) is 10.7. The number of hydrogen-bond acceptors (Lipinski definition) is 7. The molecule has 0 atom stereocenters. The Morgan fingerprint density at radius 2 is 1.90 bits per heavy atom. The number of anilines is 3. The van der Waals surface area contributed by atoms with Crippen LogP contribution in [-0.4, -0.2) is 50.8 Å². The molecule has 3 aromatic heterocycles. The highest BCUT2D eigenvalue weighted by molar-refractivity contribution is 6.31. The first kappa shape index (κ1) is 27.7. The molecule has 2 aliphatic rings. The standard InChI is InChI=1S/C27H23ClF4N8O2/c28-17-13-36-19(12-16(17)27(30,31)32)37-23(41)14-1-2-15(18(29)11-14)20-21-22(33)34-7-10-40(21)25(38-20)39-8-4-26(5-9-39)3-6-35-24(26)42/h1-2,7,10-13H,3-6,8-9H2,(H2,33,34)(H,35,42)(H,36,37,41). The Morgan fingerprint density at radius 1 is 1.14 bits per heavy atom. The average molecular weight is 603 g/mol. The first-order valence-electron chi connectivity index (χ1n) is 13.0. The van der Waals surface area contributed by atoms with Crippen LogP contribution in [0.3, 0.4) is 0 Å². The molecule has 0 aliphatic carbocycles. The van der Waals surface area contributed by atoms with E-state index < -0.39 is 34.3 Å². The topological polar surface area (TPSA) is 131 Å². The second-order valence-electron chi connectivity index (χ2n) is 10.3. The predicted molar refractivity (Wildman–Crippen MR) is 147 cm³/mol. The van der Waals surface area contributed by atoms with Crippen molar-refractivity contribution in [2.45, 2.75) is 25.4 Å². The number of pyridine rings is 1. The summed E-state index contributed by atoms with van der Waals surface area (Å²) in [7, 11) is 0. The summed E-state index contributed by atoms with van der Waals surface area (Å²) in [5.41, 5.74) is 5.10. The molecule has 2 fully saturated rings. The molecule has 15 heteroatoms. The van der Waals surface area contributed by atoms with Crippen LogP contribution in [0.25, 0.3) is 16.8 Å². The van der Waals surface area contributed by atoms with Gasteiger partial charge in [-0.25, -0.2) is 19.3 Å². The Balaban J connectivity index is 1.29. The van der Waals surface area contributed by atoms with Gasteiger partial charge in [0.1, 0.15) is 28.7 Å². The molecule has 4 N–H and O–H groups in total. The SMILES string of the molecule is Nc1nccn2c(N3CCC4(CCNC4=O)CC3)nc(-c3ccc(C(=O)Nc4cc(C(F)(F)F)c(Cl)cn4)cc3F)c12. The lowest BCUT2D eigenvalue weighted by Gasteiger charge is -2.37. The number of imidazole rings is 1. The van der Waals surface area contributed by atoms with Crippen LogP contribution < -0.4 is 21.3 Å². The molecule has 2 saturated heterocycles. The molecule has 2 aliphatic heterocycles. The van der Waals surface area contributed by atoms with Crippen LogP contribution in [0, 0.1) is 11.2 Å². The van der Waals surface area contributed by atoms with E-state index in [0.717, 1.165) is 18.7 Å². The van der Waals surface area contributed by atoms with Crippen LogP contribution in [0.1, 0.15) is 35.2 Å². The van der Waals surface area contributed by atoms with Crippen molar-refractivity contribution >= 4 is 46.5 Å². The maximum absolute atomic E-state index is 15.5. The molecular weight excluding hydrogens is 580 g/mol. The number of nitrogens with zero attached hydrogens (tertiary/aromatic N) is 5. The highest BCUT2D eigenvalue weighted by Gasteiger charge is 2.45. The maximum Gasteiger partial charge on any atom is 0.418 e. The molecule has 218 valence electrons. The lowest BCUT2D eigenvalue weighted by Crippen LogP contribution is -2.44. The van der Waals surface area contributed by atoms with Crippen LogP contribution in [-0.2, 0) is 11.0 Å². The highest BCUT2D eigenvalue weighted by atomic mass is 35.5. The average Bonchev–Trinajstić information content (AvgIpc) is 3.51. The van der Waals surface area contributed by atoms with Crippen molar-refractivity contribution in [1.82, 2.24) is 24.7 Å². The van der Waals surface area contributed by atoms with Crippen molar-refractivity contribution < 1.29 is 27.2 Å². The Hall–Kier alpha value is -4.46. The monoisotopic (exact) mass is 602 g/mol. The van der Waals surface area contributed by atoms with Crippen molar-refractivity contribution in [2.75, 3.05) is 35.6 Å². The molecular formula is C27H23ClF4N8O2. The smallest absolute Gasteiger partial charge is 0.382 e. The molecule has 2 amide bonds. The summed E-state index contributed by atoms with van der Waals surface area (Å²) in [6, 6.07) is 4.20. The van der Waals surface area contributed by atoms with Crippen molar-refractivity contribution in [1.29, 1.82) is 0 Å². The van der Waals surface area contributed by atoms with Crippen molar-refractivity contribution in [3.63, 3.8) is 0 Å². The number of nitrogens with one attached hydrogen (secondary N) is 2. The number of carbonyl (C=O) groups is 2. The van der Waals surface area contributed by atoms with E-state index in [-0.39, 0.29) is 34.0 Å². The summed E-state index contributed by atoms with van der Waals surface area (Å²) in [5, 5.41) is 4.53. The summed E-state index contributed by atoms with van der Waals surface area (Å²) in [6.07, 6.45) is 1.27. The zero-order valence-corrected chi connectivity index (χ0v) is 22.6. The minimum atomic E-state index is -4.75. The molecule has 6 rings (SSSR count). The molecule has 1 aromatic carbocycles. The normalized spacial score (nSPS) is 16.7. The third kappa shape index (κ3) is 4.74. The lowest BCUT2D eigenvalue weighted by molar-refractivity contribution is -0.137. The maximum atomic E-state index is 15.5. The summed E-state index contributed by atoms with van der Waals surface area (Å²) in [5.74, 6) is -1.38. The van der Waals surface area contributed by atoms with Gasteiger partial charge in [0, 0.05) is 49.4 Å². The number of fused-ring (bicyclic) bond motifs is 1. The summed E-state index contributed by atoms with van der Waals surface area (Å²) >= 11 is 5.58. The molecule has 0 bridgehead atoms. The molecule has 10 nitrogen and oxygen atoms in total. The number of nitrogen functional groups attached to an aromatic ring is 1. The van der Waals surface area contributed by atoms with E-state index in [1.165, 1.54) is 18.3 Å². The van der Waals surface area contributed by atoms with Gasteiger partial charge in [-0.15, -0.1) is 0 Å². The van der Waals surface area contributed by atoms with Crippen LogP contribution in [0.4, 0.5) is 35.1 Å². The predicted octanol–water partition coefficient (Wildman–Crippen LogP) is 4.54. The number of halogens is 5. The minimum Gasteiger partial charge on any atom is -0.382 e. The lowest BCUT2D eigenvalue weighted by atomic mass is 9.77. The zero-order valence-electron chi connectivity index (χ0n) is 21.8. The van der Waals surface area contributed by atoms with E-state index in [9.17, 15) is 22.8 Å². The Kier molecular flexibility index (Phi) is 6.67. The number of amides is 2. The van der Waals surface area contributed by atoms with Gasteiger partial charge in [-0.05, 0) is 43.5 Å². The van der Waals surface area contributed by atoms with Gasteiger partial charge in [0.25, 0.3) is 5.91 Å². The fraction of sp³-hybridized carbons (Fsp3) is 0.296. The Labute approximate surface area is 240 Å². The van der Waals surface area contributed by atoms with E-state index in [0.29, 0.717) is 50.0 Å². The van der Waals surface area contributed by atoms with Crippen LogP contribution in [0.15, 0.2) is 42.9 Å². The van der Waals surface area contributed by atoms with Gasteiger partial charge in [0.2, 0.25) is 11.9 Å². The summed E-state index contributed by atoms with van der Waals surface area (Å²) in [6.45, 7) is 1.78. The first-order valence-corrected chi connectivity index (χ1v) is 13.3. The minimum absolute atomic E-state index is 0.0441. The van der Waals surface area contributed by atoms with E-state index in [1.54, 1.807) is 10.6 Å². The fourth-order valence-electron chi connectivity index (χ4n) is 5.55. The quantitative estimate of drug-likeness (QED) is 0.292. The van der Waals surface area contributed by atoms with Crippen molar-refractivity contribution in [2.24, 2.45) is 5.41 Å². The molecule has 42 heavy (non-hydrogen) atoms. The molecule has 0 unspecified atom stereocenters. The Bertz CT molecular complexity index is 1730. The highest BCUT2D eigenvalue weighted by Crippen LogP contribution is 2.41. The number of carbonyl (C=O) groups excluding carboxylic acids is 2. The van der Waals surface area contributed by atoms with Gasteiger partial charge < -0.3 is 21.3 Å². The van der Waals surface area contributed by atoms with Crippen molar-refractivity contribution in [3.8, 4) is 11.3 Å². The molecule has 0 saturated carbocycles. The zero-order chi connectivity index (χ0) is 29.8. The fourth-order valence-corrected chi connectivity index (χ4v) is 5.76. The van der Waals surface area contributed by atoms with Gasteiger partial charge >= 0.3 is 6.18 Å². The van der Waals surface area contributed by atoms with E-state index in [2.05, 4.69) is 20.6 Å². The number of alkyl halides is 3.